The molecular weight excluding hydrogens is 432 g/mol. The fourth-order valence-electron chi connectivity index (χ4n) is 4.19. The van der Waals surface area contributed by atoms with E-state index in [1.807, 2.05) is 40.1 Å². The number of amidine groups is 2. The van der Waals surface area contributed by atoms with E-state index in [1.165, 1.54) is 14.6 Å². The Hall–Kier alpha value is -1.34. The van der Waals surface area contributed by atoms with E-state index in [0.29, 0.717) is 11.7 Å². The van der Waals surface area contributed by atoms with Gasteiger partial charge in [-0.3, -0.25) is 10.8 Å². The summed E-state index contributed by atoms with van der Waals surface area (Å²) in [4.78, 5) is 5.81. The third-order valence-corrected chi connectivity index (χ3v) is 8.86. The minimum atomic E-state index is 0.257. The maximum absolute atomic E-state index is 8.87. The molecule has 2 N–H and O–H groups in total. The summed E-state index contributed by atoms with van der Waals surface area (Å²) in [5.41, 5.74) is 2.35. The number of thioether (sulfide) groups is 1. The van der Waals surface area contributed by atoms with Gasteiger partial charge >= 0.3 is 0 Å². The highest BCUT2D eigenvalue weighted by Gasteiger charge is 2.30. The van der Waals surface area contributed by atoms with E-state index in [1.54, 1.807) is 0 Å². The third kappa shape index (κ3) is 4.93. The van der Waals surface area contributed by atoms with Gasteiger partial charge < -0.3 is 9.80 Å². The maximum Gasteiger partial charge on any atom is 0.135 e. The summed E-state index contributed by atoms with van der Waals surface area (Å²) < 4.78 is 1.25. The van der Waals surface area contributed by atoms with Crippen molar-refractivity contribution in [1.29, 1.82) is 10.8 Å². The van der Waals surface area contributed by atoms with E-state index in [-0.39, 0.29) is 5.92 Å². The highest BCUT2D eigenvalue weighted by molar-refractivity contribution is 8.01. The van der Waals surface area contributed by atoms with Crippen molar-refractivity contribution in [2.24, 2.45) is 5.92 Å². The number of rotatable bonds is 5. The summed E-state index contributed by atoms with van der Waals surface area (Å²) in [6.07, 6.45) is 4.06. The smallest absolute Gasteiger partial charge is 0.135 e. The Labute approximate surface area is 192 Å². The molecule has 2 aliphatic rings. The van der Waals surface area contributed by atoms with Gasteiger partial charge in [-0.05, 0) is 62.5 Å². The monoisotopic (exact) mass is 460 g/mol. The van der Waals surface area contributed by atoms with Crippen LogP contribution in [-0.2, 0) is 12.8 Å². The van der Waals surface area contributed by atoms with Crippen molar-refractivity contribution in [1.82, 2.24) is 9.80 Å². The number of benzene rings is 1. The summed E-state index contributed by atoms with van der Waals surface area (Å²) in [5, 5.41) is 18.4. The normalized spacial score (nSPS) is 18.3. The van der Waals surface area contributed by atoms with Crippen LogP contribution < -0.4 is 0 Å². The van der Waals surface area contributed by atoms with Gasteiger partial charge in [0.05, 0.1) is 4.21 Å². The van der Waals surface area contributed by atoms with Gasteiger partial charge in [0.2, 0.25) is 0 Å². The van der Waals surface area contributed by atoms with Crippen LogP contribution in [0.2, 0.25) is 5.02 Å². The van der Waals surface area contributed by atoms with Crippen LogP contribution in [-0.4, -0.2) is 53.4 Å². The van der Waals surface area contributed by atoms with Crippen LogP contribution >= 0.6 is 34.7 Å². The SMILES string of the molecule is CCc1cc2c(s1)SCCN(C(=N)C1CCN(CCc3ccc(Cl)cc3)CC1)C2=N. The van der Waals surface area contributed by atoms with Crippen LogP contribution in [0.15, 0.2) is 34.5 Å². The van der Waals surface area contributed by atoms with Gasteiger partial charge in [0.25, 0.3) is 0 Å². The molecule has 0 saturated carbocycles. The van der Waals surface area contributed by atoms with E-state index in [4.69, 9.17) is 22.4 Å². The van der Waals surface area contributed by atoms with Gasteiger partial charge in [-0.25, -0.2) is 0 Å². The zero-order chi connectivity index (χ0) is 21.1. The summed E-state index contributed by atoms with van der Waals surface area (Å²) in [6.45, 7) is 6.04. The predicted octanol–water partition coefficient (Wildman–Crippen LogP) is 5.63. The summed E-state index contributed by atoms with van der Waals surface area (Å²) in [6, 6.07) is 10.3. The second kappa shape index (κ2) is 9.86. The zero-order valence-corrected chi connectivity index (χ0v) is 19.8. The van der Waals surface area contributed by atoms with Crippen LogP contribution in [0.4, 0.5) is 0 Å². The second-order valence-electron chi connectivity index (χ2n) is 7.99. The molecule has 2 aliphatic heterocycles. The lowest BCUT2D eigenvalue weighted by atomic mass is 9.94. The standard InChI is InChI=1S/C23H29ClN4S2/c1-2-19-15-20-22(26)28(13-14-29-23(20)30-19)21(25)17-8-11-27(12-9-17)10-7-16-3-5-18(24)6-4-16/h3-6,15,17,25-26H,2,7-14H2,1H3. The Balaban J connectivity index is 1.32. The molecule has 0 spiro atoms. The molecule has 0 radical (unpaired) electrons. The number of nitrogens with zero attached hydrogens (tertiary/aromatic N) is 2. The van der Waals surface area contributed by atoms with Gasteiger partial charge in [0.15, 0.2) is 0 Å². The largest absolute Gasteiger partial charge is 0.314 e. The lowest BCUT2D eigenvalue weighted by Crippen LogP contribution is -2.45. The predicted molar refractivity (Wildman–Crippen MR) is 130 cm³/mol. The molecule has 4 nitrogen and oxygen atoms in total. The number of likely N-dealkylation sites (tertiary alicyclic amines) is 1. The quantitative estimate of drug-likeness (QED) is 0.449. The van der Waals surface area contributed by atoms with E-state index in [2.05, 4.69) is 30.0 Å². The zero-order valence-electron chi connectivity index (χ0n) is 17.4. The first-order valence-electron chi connectivity index (χ1n) is 10.7. The molecule has 160 valence electrons. The first kappa shape index (κ1) is 21.9. The van der Waals surface area contributed by atoms with Crippen LogP contribution in [0.5, 0.6) is 0 Å². The van der Waals surface area contributed by atoms with Crippen molar-refractivity contribution in [3.63, 3.8) is 0 Å². The third-order valence-electron chi connectivity index (χ3n) is 6.07. The fourth-order valence-corrected chi connectivity index (χ4v) is 6.71. The number of hydrogen-bond acceptors (Lipinski definition) is 5. The molecule has 1 aromatic heterocycles. The summed E-state index contributed by atoms with van der Waals surface area (Å²) in [7, 11) is 0. The van der Waals surface area contributed by atoms with Crippen molar-refractivity contribution in [3.8, 4) is 0 Å². The van der Waals surface area contributed by atoms with Crippen molar-refractivity contribution in [3.05, 3.63) is 51.4 Å². The number of hydrogen-bond donors (Lipinski definition) is 2. The molecule has 30 heavy (non-hydrogen) atoms. The lowest BCUT2D eigenvalue weighted by Gasteiger charge is -2.35. The fraction of sp³-hybridized carbons (Fsp3) is 0.478. The highest BCUT2D eigenvalue weighted by atomic mass is 35.5. The number of nitrogens with one attached hydrogen (secondary N) is 2. The van der Waals surface area contributed by atoms with Gasteiger partial charge in [-0.15, -0.1) is 23.1 Å². The summed E-state index contributed by atoms with van der Waals surface area (Å²) in [5.74, 6) is 2.38. The molecule has 0 bridgehead atoms. The Morgan fingerprint density at radius 1 is 1.17 bits per heavy atom. The van der Waals surface area contributed by atoms with Gasteiger partial charge in [-0.2, -0.15) is 0 Å². The molecule has 0 atom stereocenters. The van der Waals surface area contributed by atoms with Crippen molar-refractivity contribution in [2.75, 3.05) is 31.9 Å². The van der Waals surface area contributed by atoms with Crippen LogP contribution in [0.3, 0.4) is 0 Å². The second-order valence-corrected chi connectivity index (χ2v) is 10.9. The average Bonchev–Trinajstić information content (AvgIpc) is 3.13. The minimum absolute atomic E-state index is 0.257. The average molecular weight is 461 g/mol. The number of piperidine rings is 1. The Morgan fingerprint density at radius 3 is 2.60 bits per heavy atom. The number of thiophene rings is 1. The maximum atomic E-state index is 8.87. The van der Waals surface area contributed by atoms with Crippen molar-refractivity contribution in [2.45, 2.75) is 36.8 Å². The van der Waals surface area contributed by atoms with Crippen LogP contribution in [0, 0.1) is 16.7 Å². The van der Waals surface area contributed by atoms with E-state index in [9.17, 15) is 0 Å². The molecule has 4 rings (SSSR count). The van der Waals surface area contributed by atoms with E-state index >= 15 is 0 Å². The first-order chi connectivity index (χ1) is 14.5. The molecule has 2 aromatic rings. The van der Waals surface area contributed by atoms with Gasteiger partial charge in [0, 0.05) is 40.2 Å². The van der Waals surface area contributed by atoms with Gasteiger partial charge in [0.1, 0.15) is 11.7 Å². The Kier molecular flexibility index (Phi) is 7.19. The van der Waals surface area contributed by atoms with Crippen LogP contribution in [0.25, 0.3) is 0 Å². The molecule has 1 aromatic carbocycles. The number of fused-ring (bicyclic) bond motifs is 1. The Bertz CT molecular complexity index is 900. The first-order valence-corrected chi connectivity index (χ1v) is 12.9. The molecular formula is C23H29ClN4S2. The van der Waals surface area contributed by atoms with E-state index in [0.717, 1.165) is 68.2 Å². The molecule has 1 saturated heterocycles. The van der Waals surface area contributed by atoms with Crippen molar-refractivity contribution < 1.29 is 0 Å². The number of aryl methyl sites for hydroxylation is 1. The molecule has 3 heterocycles. The summed E-state index contributed by atoms with van der Waals surface area (Å²) >= 11 is 9.64. The van der Waals surface area contributed by atoms with Crippen molar-refractivity contribution >= 4 is 46.4 Å². The number of halogens is 1. The highest BCUT2D eigenvalue weighted by Crippen LogP contribution is 2.36. The molecule has 0 aliphatic carbocycles. The van der Waals surface area contributed by atoms with Crippen LogP contribution in [0.1, 0.15) is 35.8 Å². The van der Waals surface area contributed by atoms with Gasteiger partial charge in [-0.1, -0.05) is 30.7 Å². The minimum Gasteiger partial charge on any atom is -0.314 e. The lowest BCUT2D eigenvalue weighted by molar-refractivity contribution is 0.207. The molecule has 7 heteroatoms. The molecule has 0 amide bonds. The Morgan fingerprint density at radius 2 is 1.90 bits per heavy atom. The molecule has 1 fully saturated rings. The molecule has 0 unspecified atom stereocenters. The van der Waals surface area contributed by atoms with E-state index < -0.39 is 0 Å². The topological polar surface area (TPSA) is 54.2 Å².